The number of esters is 2. The maximum Gasteiger partial charge on any atom is 0.314 e. The molecule has 1 unspecified atom stereocenters. The number of hydrogen-bond donors (Lipinski definition) is 0. The van der Waals surface area contributed by atoms with Crippen molar-refractivity contribution in [2.24, 2.45) is 10.8 Å². The van der Waals surface area contributed by atoms with Gasteiger partial charge in [-0.1, -0.05) is 25.0 Å². The topological polar surface area (TPSA) is 71.1 Å². The standard InChI is InChI=1S/C28H42O6/c1-9-11-20-15-22(31-17-33-25(29)27(3,4)5)24(21-13-10-12-19(2)14-21)23(16-20)32-18-34-26(30)28(6,7)8/h14-16,21H,9-13,17-18H2,1-8H3. The summed E-state index contributed by atoms with van der Waals surface area (Å²) in [6.07, 6.45) is 7.15. The molecule has 1 aliphatic carbocycles. The van der Waals surface area contributed by atoms with E-state index in [0.717, 1.165) is 43.2 Å². The Labute approximate surface area is 205 Å². The molecule has 0 fully saturated rings. The van der Waals surface area contributed by atoms with Gasteiger partial charge in [0, 0.05) is 11.5 Å². The summed E-state index contributed by atoms with van der Waals surface area (Å²) < 4.78 is 22.8. The van der Waals surface area contributed by atoms with E-state index in [2.05, 4.69) is 19.9 Å². The number of rotatable bonds is 9. The fourth-order valence-corrected chi connectivity index (χ4v) is 3.76. The van der Waals surface area contributed by atoms with Crippen molar-refractivity contribution >= 4 is 11.9 Å². The fraction of sp³-hybridized carbons (Fsp3) is 0.643. The van der Waals surface area contributed by atoms with Gasteiger partial charge in [0.1, 0.15) is 11.5 Å². The van der Waals surface area contributed by atoms with Crippen molar-refractivity contribution in [3.8, 4) is 11.5 Å². The Kier molecular flexibility index (Phi) is 9.60. The molecule has 0 bridgehead atoms. The summed E-state index contributed by atoms with van der Waals surface area (Å²) in [5.74, 6) is 0.739. The Balaban J connectivity index is 2.37. The normalized spacial score (nSPS) is 16.5. The molecule has 2 rings (SSSR count). The zero-order valence-corrected chi connectivity index (χ0v) is 22.2. The molecular formula is C28H42O6. The zero-order valence-electron chi connectivity index (χ0n) is 22.2. The van der Waals surface area contributed by atoms with Crippen molar-refractivity contribution < 1.29 is 28.5 Å². The molecule has 0 amide bonds. The molecular weight excluding hydrogens is 432 g/mol. The van der Waals surface area contributed by atoms with Crippen molar-refractivity contribution in [2.45, 2.75) is 93.4 Å². The first-order valence-corrected chi connectivity index (χ1v) is 12.3. The van der Waals surface area contributed by atoms with Crippen LogP contribution in [-0.2, 0) is 25.5 Å². The SMILES string of the molecule is CCCc1cc(OCOC(=O)C(C)(C)C)c(C2C=C(C)CCC2)c(OCOC(=O)C(C)(C)C)c1. The van der Waals surface area contributed by atoms with Crippen LogP contribution in [0.25, 0.3) is 0 Å². The third-order valence-corrected chi connectivity index (χ3v) is 5.68. The van der Waals surface area contributed by atoms with Gasteiger partial charge in [-0.3, -0.25) is 9.59 Å². The first kappa shape index (κ1) is 27.7. The molecule has 34 heavy (non-hydrogen) atoms. The van der Waals surface area contributed by atoms with Crippen molar-refractivity contribution in [2.75, 3.05) is 13.6 Å². The highest BCUT2D eigenvalue weighted by atomic mass is 16.7. The van der Waals surface area contributed by atoms with Crippen molar-refractivity contribution in [1.29, 1.82) is 0 Å². The molecule has 6 nitrogen and oxygen atoms in total. The van der Waals surface area contributed by atoms with Crippen LogP contribution in [0, 0.1) is 10.8 Å². The van der Waals surface area contributed by atoms with E-state index in [-0.39, 0.29) is 31.4 Å². The Hall–Kier alpha value is -2.50. The number of carbonyl (C=O) groups excluding carboxylic acids is 2. The number of aryl methyl sites for hydroxylation is 1. The minimum atomic E-state index is -0.606. The van der Waals surface area contributed by atoms with Gasteiger partial charge in [0.2, 0.25) is 13.6 Å². The van der Waals surface area contributed by atoms with Crippen molar-refractivity contribution in [3.63, 3.8) is 0 Å². The number of allylic oxidation sites excluding steroid dienone is 2. The summed E-state index contributed by atoms with van der Waals surface area (Å²) in [4.78, 5) is 24.4. The first-order valence-electron chi connectivity index (χ1n) is 12.3. The minimum Gasteiger partial charge on any atom is -0.457 e. The Morgan fingerprint density at radius 2 is 1.41 bits per heavy atom. The van der Waals surface area contributed by atoms with E-state index in [1.54, 1.807) is 0 Å². The van der Waals surface area contributed by atoms with Crippen LogP contribution in [0.1, 0.15) is 98.1 Å². The quantitative estimate of drug-likeness (QED) is 0.225. The van der Waals surface area contributed by atoms with E-state index in [1.165, 1.54) is 5.57 Å². The van der Waals surface area contributed by atoms with Crippen LogP contribution in [0.15, 0.2) is 23.8 Å². The molecule has 1 aromatic carbocycles. The van der Waals surface area contributed by atoms with Crippen LogP contribution in [-0.4, -0.2) is 25.5 Å². The van der Waals surface area contributed by atoms with Gasteiger partial charge < -0.3 is 18.9 Å². The molecule has 0 radical (unpaired) electrons. The van der Waals surface area contributed by atoms with Crippen LogP contribution in [0.5, 0.6) is 11.5 Å². The van der Waals surface area contributed by atoms with Gasteiger partial charge in [-0.15, -0.1) is 0 Å². The smallest absolute Gasteiger partial charge is 0.314 e. The van der Waals surface area contributed by atoms with Gasteiger partial charge in [-0.2, -0.15) is 0 Å². The molecule has 0 aromatic heterocycles. The molecule has 0 saturated carbocycles. The highest BCUT2D eigenvalue weighted by molar-refractivity contribution is 5.75. The van der Waals surface area contributed by atoms with Gasteiger partial charge in [0.25, 0.3) is 0 Å². The number of benzene rings is 1. The molecule has 1 aromatic rings. The van der Waals surface area contributed by atoms with E-state index in [9.17, 15) is 9.59 Å². The second kappa shape index (κ2) is 11.8. The molecule has 0 spiro atoms. The second-order valence-corrected chi connectivity index (χ2v) is 11.2. The molecule has 1 aliphatic rings. The Morgan fingerprint density at radius 3 is 1.82 bits per heavy atom. The maximum absolute atomic E-state index is 12.2. The number of hydrogen-bond acceptors (Lipinski definition) is 6. The van der Waals surface area contributed by atoms with Crippen molar-refractivity contribution in [3.05, 3.63) is 34.9 Å². The lowest BCUT2D eigenvalue weighted by Crippen LogP contribution is -2.25. The van der Waals surface area contributed by atoms with E-state index < -0.39 is 10.8 Å². The van der Waals surface area contributed by atoms with E-state index >= 15 is 0 Å². The third-order valence-electron chi connectivity index (χ3n) is 5.68. The average molecular weight is 475 g/mol. The predicted molar refractivity (Wildman–Crippen MR) is 133 cm³/mol. The summed E-state index contributed by atoms with van der Waals surface area (Å²) in [5, 5.41) is 0. The summed E-state index contributed by atoms with van der Waals surface area (Å²) in [7, 11) is 0. The first-order chi connectivity index (χ1) is 15.8. The lowest BCUT2D eigenvalue weighted by atomic mass is 9.84. The maximum atomic E-state index is 12.2. The zero-order chi connectivity index (χ0) is 25.5. The van der Waals surface area contributed by atoms with Gasteiger partial charge in [-0.25, -0.2) is 0 Å². The Morgan fingerprint density at radius 1 is 0.912 bits per heavy atom. The van der Waals surface area contributed by atoms with Crippen LogP contribution in [0.4, 0.5) is 0 Å². The molecule has 6 heteroatoms. The highest BCUT2D eigenvalue weighted by Gasteiger charge is 2.27. The summed E-state index contributed by atoms with van der Waals surface area (Å²) >= 11 is 0. The molecule has 0 N–H and O–H groups in total. The monoisotopic (exact) mass is 474 g/mol. The molecule has 190 valence electrons. The Bertz CT molecular complexity index is 832. The number of carbonyl (C=O) groups is 2. The molecule has 0 saturated heterocycles. The summed E-state index contributed by atoms with van der Waals surface area (Å²) in [6.45, 7) is 14.7. The van der Waals surface area contributed by atoms with Gasteiger partial charge in [-0.05, 0) is 91.8 Å². The van der Waals surface area contributed by atoms with E-state index in [1.807, 2.05) is 53.7 Å². The highest BCUT2D eigenvalue weighted by Crippen LogP contribution is 2.43. The second-order valence-electron chi connectivity index (χ2n) is 11.2. The van der Waals surface area contributed by atoms with Gasteiger partial charge in [0.15, 0.2) is 0 Å². The van der Waals surface area contributed by atoms with E-state index in [4.69, 9.17) is 18.9 Å². The third kappa shape index (κ3) is 8.07. The van der Waals surface area contributed by atoms with Crippen LogP contribution >= 0.6 is 0 Å². The van der Waals surface area contributed by atoms with Gasteiger partial charge in [0.05, 0.1) is 10.8 Å². The lowest BCUT2D eigenvalue weighted by molar-refractivity contribution is -0.160. The summed E-state index contributed by atoms with van der Waals surface area (Å²) in [6, 6.07) is 4.02. The van der Waals surface area contributed by atoms with Crippen LogP contribution in [0.2, 0.25) is 0 Å². The predicted octanol–water partition coefficient (Wildman–Crippen LogP) is 6.70. The summed E-state index contributed by atoms with van der Waals surface area (Å²) in [5.41, 5.74) is 2.06. The van der Waals surface area contributed by atoms with Crippen molar-refractivity contribution in [1.82, 2.24) is 0 Å². The fourth-order valence-electron chi connectivity index (χ4n) is 3.76. The molecule has 1 atom stereocenters. The minimum absolute atomic E-state index is 0.103. The van der Waals surface area contributed by atoms with E-state index in [0.29, 0.717) is 11.5 Å². The lowest BCUT2D eigenvalue weighted by Gasteiger charge is -2.26. The molecule has 0 aliphatic heterocycles. The largest absolute Gasteiger partial charge is 0.457 e. The number of ether oxygens (including phenoxy) is 4. The van der Waals surface area contributed by atoms with Gasteiger partial charge >= 0.3 is 11.9 Å². The molecule has 0 heterocycles. The van der Waals surface area contributed by atoms with Crippen LogP contribution < -0.4 is 9.47 Å². The van der Waals surface area contributed by atoms with Crippen LogP contribution in [0.3, 0.4) is 0 Å². The average Bonchev–Trinajstić information content (AvgIpc) is 2.72.